The topological polar surface area (TPSA) is 29.1 Å². The summed E-state index contributed by atoms with van der Waals surface area (Å²) < 4.78 is 0. The van der Waals surface area contributed by atoms with E-state index < -0.39 is 0 Å². The summed E-state index contributed by atoms with van der Waals surface area (Å²) in [6.07, 6.45) is 4.91. The predicted molar refractivity (Wildman–Crippen MR) is 95.2 cm³/mol. The Hall–Kier alpha value is 0.170. The van der Waals surface area contributed by atoms with Crippen molar-refractivity contribution in [3.05, 3.63) is 0 Å². The van der Waals surface area contributed by atoms with E-state index in [-0.39, 0.29) is 11.4 Å². The van der Waals surface area contributed by atoms with Crippen LogP contribution in [0.1, 0.15) is 60.8 Å². The summed E-state index contributed by atoms with van der Waals surface area (Å²) in [5.74, 6) is 3.10. The van der Waals surface area contributed by atoms with Crippen molar-refractivity contribution in [3.63, 3.8) is 0 Å². The third kappa shape index (κ3) is 10.9. The zero-order valence-electron chi connectivity index (χ0n) is 14.3. The number of nitrogens with one attached hydrogen (secondary N) is 1. The van der Waals surface area contributed by atoms with Crippen molar-refractivity contribution in [2.45, 2.75) is 66.3 Å². The molecule has 0 aliphatic heterocycles. The molecule has 2 atom stereocenters. The Balaban J connectivity index is 4.14. The Labute approximate surface area is 134 Å². The molecule has 2 unspecified atom stereocenters. The standard InChI is InChI=1S/C16H33NOS2/c1-12(2)8-13(3)9-15(18)17-16(5,6)10-14(4)11-20-19-7/h12-14H,8-11H2,1-7H3,(H,17,18). The quantitative estimate of drug-likeness (QED) is 0.575. The molecular formula is C16H33NOS2. The molecule has 0 heterocycles. The Kier molecular flexibility index (Phi) is 10.1. The van der Waals surface area contributed by atoms with Crippen LogP contribution in [0.5, 0.6) is 0 Å². The van der Waals surface area contributed by atoms with E-state index in [2.05, 4.69) is 53.1 Å². The van der Waals surface area contributed by atoms with E-state index in [1.165, 1.54) is 0 Å². The van der Waals surface area contributed by atoms with Crippen molar-refractivity contribution in [2.24, 2.45) is 17.8 Å². The van der Waals surface area contributed by atoms with Crippen LogP contribution in [0.2, 0.25) is 0 Å². The van der Waals surface area contributed by atoms with E-state index in [0.29, 0.717) is 24.2 Å². The van der Waals surface area contributed by atoms with Crippen LogP contribution in [0.15, 0.2) is 0 Å². The highest BCUT2D eigenvalue weighted by atomic mass is 33.1. The van der Waals surface area contributed by atoms with E-state index >= 15 is 0 Å². The first-order valence-electron chi connectivity index (χ1n) is 7.63. The minimum Gasteiger partial charge on any atom is -0.351 e. The molecule has 0 aliphatic carbocycles. The van der Waals surface area contributed by atoms with Crippen LogP contribution in [0.3, 0.4) is 0 Å². The molecule has 0 fully saturated rings. The van der Waals surface area contributed by atoms with Gasteiger partial charge in [-0.25, -0.2) is 0 Å². The van der Waals surface area contributed by atoms with Crippen LogP contribution >= 0.6 is 21.6 Å². The molecule has 4 heteroatoms. The third-order valence-electron chi connectivity index (χ3n) is 3.21. The monoisotopic (exact) mass is 319 g/mol. The van der Waals surface area contributed by atoms with E-state index in [4.69, 9.17) is 0 Å². The maximum atomic E-state index is 12.1. The second-order valence-corrected chi connectivity index (χ2v) is 9.74. The fourth-order valence-corrected chi connectivity index (χ4v) is 4.39. The number of carbonyl (C=O) groups excluding carboxylic acids is 1. The number of amides is 1. The SMILES string of the molecule is CSSCC(C)CC(C)(C)NC(=O)CC(C)CC(C)C. The largest absolute Gasteiger partial charge is 0.351 e. The predicted octanol–water partition coefficient (Wildman–Crippen LogP) is 4.99. The fourth-order valence-electron chi connectivity index (χ4n) is 2.80. The van der Waals surface area contributed by atoms with Gasteiger partial charge in [0.1, 0.15) is 0 Å². The highest BCUT2D eigenvalue weighted by molar-refractivity contribution is 8.76. The second-order valence-electron chi connectivity index (χ2n) is 7.13. The molecule has 0 rings (SSSR count). The first-order valence-corrected chi connectivity index (χ1v) is 10.4. The van der Waals surface area contributed by atoms with Crippen molar-refractivity contribution in [2.75, 3.05) is 12.0 Å². The van der Waals surface area contributed by atoms with Crippen molar-refractivity contribution < 1.29 is 4.79 Å². The molecule has 0 aromatic carbocycles. The number of rotatable bonds is 10. The highest BCUT2D eigenvalue weighted by Gasteiger charge is 2.24. The van der Waals surface area contributed by atoms with E-state index in [9.17, 15) is 4.79 Å². The van der Waals surface area contributed by atoms with Gasteiger partial charge in [0.05, 0.1) is 0 Å². The molecule has 120 valence electrons. The molecular weight excluding hydrogens is 286 g/mol. The van der Waals surface area contributed by atoms with Crippen molar-refractivity contribution >= 4 is 27.5 Å². The normalized spacial score (nSPS) is 15.2. The minimum atomic E-state index is -0.104. The van der Waals surface area contributed by atoms with Gasteiger partial charge in [0.15, 0.2) is 0 Å². The molecule has 0 bridgehead atoms. The van der Waals surface area contributed by atoms with Crippen molar-refractivity contribution in [1.82, 2.24) is 5.32 Å². The van der Waals surface area contributed by atoms with Crippen LogP contribution in [0.4, 0.5) is 0 Å². The van der Waals surface area contributed by atoms with Crippen molar-refractivity contribution in [1.29, 1.82) is 0 Å². The fraction of sp³-hybridized carbons (Fsp3) is 0.938. The van der Waals surface area contributed by atoms with Gasteiger partial charge in [0, 0.05) is 17.7 Å². The first kappa shape index (κ1) is 20.2. The summed E-state index contributed by atoms with van der Waals surface area (Å²) in [4.78, 5) is 12.1. The maximum absolute atomic E-state index is 12.1. The van der Waals surface area contributed by atoms with Gasteiger partial charge >= 0.3 is 0 Å². The second kappa shape index (κ2) is 9.99. The Morgan fingerprint density at radius 3 is 2.25 bits per heavy atom. The summed E-state index contributed by atoms with van der Waals surface area (Å²) in [6, 6.07) is 0. The Morgan fingerprint density at radius 1 is 1.15 bits per heavy atom. The Morgan fingerprint density at radius 2 is 1.75 bits per heavy atom. The molecule has 0 aliphatic rings. The van der Waals surface area contributed by atoms with E-state index in [0.717, 1.165) is 18.6 Å². The molecule has 0 aromatic rings. The molecule has 1 amide bonds. The molecule has 0 saturated carbocycles. The van der Waals surface area contributed by atoms with E-state index in [1.807, 2.05) is 21.6 Å². The summed E-state index contributed by atoms with van der Waals surface area (Å²) >= 11 is 0. The van der Waals surface area contributed by atoms with E-state index in [1.54, 1.807) is 0 Å². The molecule has 0 aromatic heterocycles. The molecule has 0 saturated heterocycles. The number of carbonyl (C=O) groups is 1. The lowest BCUT2D eigenvalue weighted by Gasteiger charge is -2.30. The summed E-state index contributed by atoms with van der Waals surface area (Å²) in [7, 11) is 3.71. The summed E-state index contributed by atoms with van der Waals surface area (Å²) in [6.45, 7) is 13.1. The first-order chi connectivity index (χ1) is 9.16. The third-order valence-corrected chi connectivity index (χ3v) is 5.27. The van der Waals surface area contributed by atoms with Gasteiger partial charge in [-0.1, -0.05) is 49.3 Å². The lowest BCUT2D eigenvalue weighted by atomic mass is 9.91. The minimum absolute atomic E-state index is 0.104. The highest BCUT2D eigenvalue weighted by Crippen LogP contribution is 2.25. The zero-order valence-corrected chi connectivity index (χ0v) is 15.9. The van der Waals surface area contributed by atoms with Crippen LogP contribution in [-0.4, -0.2) is 23.5 Å². The van der Waals surface area contributed by atoms with Crippen molar-refractivity contribution in [3.8, 4) is 0 Å². The average molecular weight is 320 g/mol. The van der Waals surface area contributed by atoms with Gasteiger partial charge in [0.25, 0.3) is 0 Å². The number of hydrogen-bond donors (Lipinski definition) is 1. The number of hydrogen-bond acceptors (Lipinski definition) is 3. The Bertz CT molecular complexity index is 280. The molecule has 0 spiro atoms. The molecule has 1 N–H and O–H groups in total. The maximum Gasteiger partial charge on any atom is 0.220 e. The van der Waals surface area contributed by atoms with Crippen LogP contribution in [0, 0.1) is 17.8 Å². The molecule has 0 radical (unpaired) electrons. The average Bonchev–Trinajstić information content (AvgIpc) is 2.22. The van der Waals surface area contributed by atoms with Crippen LogP contribution in [-0.2, 0) is 4.79 Å². The summed E-state index contributed by atoms with van der Waals surface area (Å²) in [5.41, 5.74) is -0.104. The van der Waals surface area contributed by atoms with Gasteiger partial charge in [0.2, 0.25) is 5.91 Å². The van der Waals surface area contributed by atoms with Gasteiger partial charge in [-0.2, -0.15) is 0 Å². The molecule has 20 heavy (non-hydrogen) atoms. The lowest BCUT2D eigenvalue weighted by Crippen LogP contribution is -2.45. The summed E-state index contributed by atoms with van der Waals surface area (Å²) in [5, 5.41) is 3.21. The zero-order chi connectivity index (χ0) is 15.8. The van der Waals surface area contributed by atoms with Gasteiger partial charge < -0.3 is 5.32 Å². The molecule has 2 nitrogen and oxygen atoms in total. The van der Waals surface area contributed by atoms with Crippen LogP contribution in [0.25, 0.3) is 0 Å². The van der Waals surface area contributed by atoms with Crippen LogP contribution < -0.4 is 5.32 Å². The van der Waals surface area contributed by atoms with Gasteiger partial charge in [-0.05, 0) is 50.7 Å². The smallest absolute Gasteiger partial charge is 0.220 e. The van der Waals surface area contributed by atoms with Gasteiger partial charge in [-0.15, -0.1) is 0 Å². The lowest BCUT2D eigenvalue weighted by molar-refractivity contribution is -0.123. The van der Waals surface area contributed by atoms with Gasteiger partial charge in [-0.3, -0.25) is 4.79 Å².